The molecule has 2 aromatic heterocycles. The second kappa shape index (κ2) is 6.19. The second-order valence-electron chi connectivity index (χ2n) is 4.92. The van der Waals surface area contributed by atoms with Gasteiger partial charge in [0.2, 0.25) is 5.91 Å². The Morgan fingerprint density at radius 1 is 1.27 bits per heavy atom. The standard InChI is InChI=1S/C16H15N3O2S/c1-10-7-8-14(17-9-10)19-15(20)11(2)22-16-18-12-5-3-4-6-13(12)21-16/h3-9,11H,1-2H3,(H,17,19,20). The zero-order valence-corrected chi connectivity index (χ0v) is 13.1. The minimum absolute atomic E-state index is 0.136. The number of nitrogens with one attached hydrogen (secondary N) is 1. The molecule has 0 aliphatic rings. The van der Waals surface area contributed by atoms with Gasteiger partial charge in [-0.15, -0.1) is 0 Å². The zero-order chi connectivity index (χ0) is 15.5. The highest BCUT2D eigenvalue weighted by Gasteiger charge is 2.18. The van der Waals surface area contributed by atoms with E-state index in [2.05, 4.69) is 15.3 Å². The number of aromatic nitrogens is 2. The number of rotatable bonds is 4. The van der Waals surface area contributed by atoms with Gasteiger partial charge < -0.3 is 9.73 Å². The fourth-order valence-corrected chi connectivity index (χ4v) is 2.63. The SMILES string of the molecule is Cc1ccc(NC(=O)C(C)Sc2nc3ccccc3o2)nc1. The lowest BCUT2D eigenvalue weighted by molar-refractivity contribution is -0.115. The van der Waals surface area contributed by atoms with Crippen molar-refractivity contribution in [2.45, 2.75) is 24.3 Å². The molecule has 1 amide bonds. The number of carbonyl (C=O) groups excluding carboxylic acids is 1. The van der Waals surface area contributed by atoms with Gasteiger partial charge in [-0.05, 0) is 37.6 Å². The van der Waals surface area contributed by atoms with E-state index in [1.807, 2.05) is 44.2 Å². The summed E-state index contributed by atoms with van der Waals surface area (Å²) < 4.78 is 5.61. The average Bonchev–Trinajstić information content (AvgIpc) is 2.91. The van der Waals surface area contributed by atoms with Crippen LogP contribution < -0.4 is 5.32 Å². The van der Waals surface area contributed by atoms with E-state index in [-0.39, 0.29) is 11.2 Å². The summed E-state index contributed by atoms with van der Waals surface area (Å²) in [7, 11) is 0. The molecule has 0 saturated heterocycles. The zero-order valence-electron chi connectivity index (χ0n) is 12.2. The number of aryl methyl sites for hydroxylation is 1. The largest absolute Gasteiger partial charge is 0.431 e. The van der Waals surface area contributed by atoms with Crippen LogP contribution in [0.1, 0.15) is 12.5 Å². The number of hydrogen-bond donors (Lipinski definition) is 1. The number of thioether (sulfide) groups is 1. The molecule has 1 aromatic carbocycles. The molecule has 1 atom stereocenters. The maximum absolute atomic E-state index is 12.2. The van der Waals surface area contributed by atoms with E-state index in [1.165, 1.54) is 11.8 Å². The minimum Gasteiger partial charge on any atom is -0.431 e. The molecule has 1 unspecified atom stereocenters. The van der Waals surface area contributed by atoms with Crippen molar-refractivity contribution in [3.05, 3.63) is 48.2 Å². The molecule has 5 nitrogen and oxygen atoms in total. The summed E-state index contributed by atoms with van der Waals surface area (Å²) in [6.07, 6.45) is 1.72. The molecule has 0 saturated carbocycles. The first-order valence-corrected chi connectivity index (χ1v) is 7.75. The van der Waals surface area contributed by atoms with Gasteiger partial charge in [0, 0.05) is 6.20 Å². The Hall–Kier alpha value is -2.34. The molecule has 0 bridgehead atoms. The van der Waals surface area contributed by atoms with E-state index in [0.29, 0.717) is 11.0 Å². The summed E-state index contributed by atoms with van der Waals surface area (Å²) in [5.41, 5.74) is 2.56. The van der Waals surface area contributed by atoms with Crippen LogP contribution in [0.2, 0.25) is 0 Å². The van der Waals surface area contributed by atoms with Crippen LogP contribution in [0.3, 0.4) is 0 Å². The predicted molar refractivity (Wildman–Crippen MR) is 86.9 cm³/mol. The number of carbonyl (C=O) groups is 1. The molecular formula is C16H15N3O2S. The van der Waals surface area contributed by atoms with Gasteiger partial charge in [0.15, 0.2) is 5.58 Å². The van der Waals surface area contributed by atoms with Gasteiger partial charge in [-0.2, -0.15) is 0 Å². The first-order chi connectivity index (χ1) is 10.6. The Kier molecular flexibility index (Phi) is 4.11. The van der Waals surface area contributed by atoms with Crippen molar-refractivity contribution in [2.75, 3.05) is 5.32 Å². The first-order valence-electron chi connectivity index (χ1n) is 6.87. The number of oxazole rings is 1. The number of pyridine rings is 1. The summed E-state index contributed by atoms with van der Waals surface area (Å²) in [6, 6.07) is 11.2. The van der Waals surface area contributed by atoms with Gasteiger partial charge in [-0.3, -0.25) is 4.79 Å². The van der Waals surface area contributed by atoms with Crippen molar-refractivity contribution in [3.8, 4) is 0 Å². The second-order valence-corrected chi connectivity index (χ2v) is 6.21. The van der Waals surface area contributed by atoms with Gasteiger partial charge in [0.1, 0.15) is 11.3 Å². The Labute approximate surface area is 132 Å². The van der Waals surface area contributed by atoms with E-state index in [4.69, 9.17) is 4.42 Å². The fraction of sp³-hybridized carbons (Fsp3) is 0.188. The smallest absolute Gasteiger partial charge is 0.257 e. The molecule has 2 heterocycles. The average molecular weight is 313 g/mol. The van der Waals surface area contributed by atoms with E-state index < -0.39 is 0 Å². The molecule has 3 aromatic rings. The Bertz CT molecular complexity index is 766. The third kappa shape index (κ3) is 3.28. The Morgan fingerprint density at radius 3 is 2.82 bits per heavy atom. The molecule has 6 heteroatoms. The summed E-state index contributed by atoms with van der Waals surface area (Å²) >= 11 is 1.28. The summed E-state index contributed by atoms with van der Waals surface area (Å²) in [6.45, 7) is 3.76. The van der Waals surface area contributed by atoms with Gasteiger partial charge in [0.05, 0.1) is 5.25 Å². The van der Waals surface area contributed by atoms with E-state index in [0.717, 1.165) is 16.7 Å². The van der Waals surface area contributed by atoms with Gasteiger partial charge in [0.25, 0.3) is 5.22 Å². The highest BCUT2D eigenvalue weighted by Crippen LogP contribution is 2.27. The van der Waals surface area contributed by atoms with Crippen molar-refractivity contribution in [1.82, 2.24) is 9.97 Å². The quantitative estimate of drug-likeness (QED) is 0.745. The molecule has 0 radical (unpaired) electrons. The Balaban J connectivity index is 1.66. The molecule has 112 valence electrons. The normalized spacial score (nSPS) is 12.3. The van der Waals surface area contributed by atoms with Crippen molar-refractivity contribution >= 4 is 34.6 Å². The maximum atomic E-state index is 12.2. The van der Waals surface area contributed by atoms with Gasteiger partial charge in [-0.25, -0.2) is 9.97 Å². The summed E-state index contributed by atoms with van der Waals surface area (Å²) in [5, 5.41) is 2.93. The van der Waals surface area contributed by atoms with Crippen molar-refractivity contribution in [1.29, 1.82) is 0 Å². The third-order valence-electron chi connectivity index (χ3n) is 3.08. The van der Waals surface area contributed by atoms with Crippen LogP contribution in [0, 0.1) is 6.92 Å². The molecule has 0 aliphatic heterocycles. The number of amides is 1. The lowest BCUT2D eigenvalue weighted by Gasteiger charge is -2.09. The molecule has 22 heavy (non-hydrogen) atoms. The van der Waals surface area contributed by atoms with Crippen molar-refractivity contribution in [2.24, 2.45) is 0 Å². The lowest BCUT2D eigenvalue weighted by atomic mass is 10.3. The first kappa shape index (κ1) is 14.6. The van der Waals surface area contributed by atoms with Crippen LogP contribution in [-0.2, 0) is 4.79 Å². The molecule has 3 rings (SSSR count). The summed E-state index contributed by atoms with van der Waals surface area (Å²) in [5.74, 6) is 0.407. The minimum atomic E-state index is -0.337. The van der Waals surface area contributed by atoms with Crippen LogP contribution >= 0.6 is 11.8 Å². The van der Waals surface area contributed by atoms with Crippen LogP contribution in [0.5, 0.6) is 0 Å². The molecule has 0 aliphatic carbocycles. The number of hydrogen-bond acceptors (Lipinski definition) is 5. The molecular weight excluding hydrogens is 298 g/mol. The molecule has 0 spiro atoms. The van der Waals surface area contributed by atoms with Crippen LogP contribution in [0.4, 0.5) is 5.82 Å². The fourth-order valence-electron chi connectivity index (χ4n) is 1.88. The number of fused-ring (bicyclic) bond motifs is 1. The van der Waals surface area contributed by atoms with Gasteiger partial charge >= 0.3 is 0 Å². The van der Waals surface area contributed by atoms with E-state index in [1.54, 1.807) is 12.3 Å². The number of benzene rings is 1. The van der Waals surface area contributed by atoms with E-state index in [9.17, 15) is 4.79 Å². The monoisotopic (exact) mass is 313 g/mol. The number of para-hydroxylation sites is 2. The highest BCUT2D eigenvalue weighted by atomic mass is 32.2. The summed E-state index contributed by atoms with van der Waals surface area (Å²) in [4.78, 5) is 20.7. The predicted octanol–water partition coefficient (Wildman–Crippen LogP) is 3.65. The number of nitrogens with zero attached hydrogens (tertiary/aromatic N) is 2. The van der Waals surface area contributed by atoms with Crippen molar-refractivity contribution < 1.29 is 9.21 Å². The van der Waals surface area contributed by atoms with Crippen LogP contribution in [0.25, 0.3) is 11.1 Å². The van der Waals surface area contributed by atoms with Gasteiger partial charge in [-0.1, -0.05) is 30.0 Å². The third-order valence-corrected chi connectivity index (χ3v) is 4.03. The van der Waals surface area contributed by atoms with Crippen LogP contribution in [-0.4, -0.2) is 21.1 Å². The van der Waals surface area contributed by atoms with E-state index >= 15 is 0 Å². The van der Waals surface area contributed by atoms with Crippen molar-refractivity contribution in [3.63, 3.8) is 0 Å². The topological polar surface area (TPSA) is 68.0 Å². The Morgan fingerprint density at radius 2 is 2.09 bits per heavy atom. The molecule has 0 fully saturated rings. The number of anilines is 1. The highest BCUT2D eigenvalue weighted by molar-refractivity contribution is 8.00. The maximum Gasteiger partial charge on any atom is 0.257 e. The van der Waals surface area contributed by atoms with Crippen LogP contribution in [0.15, 0.2) is 52.2 Å². The molecule has 1 N–H and O–H groups in total. The lowest BCUT2D eigenvalue weighted by Crippen LogP contribution is -2.22.